The molecular weight excluding hydrogens is 550 g/mol. The molecule has 0 saturated carbocycles. The Hall–Kier alpha value is -5.93. The third-order valence-corrected chi connectivity index (χ3v) is 8.77. The highest BCUT2D eigenvalue weighted by Gasteiger charge is 2.20. The summed E-state index contributed by atoms with van der Waals surface area (Å²) in [5.74, 6) is 0. The van der Waals surface area contributed by atoms with E-state index in [4.69, 9.17) is 13.8 Å². The fourth-order valence-corrected chi connectivity index (χ4v) is 6.60. The summed E-state index contributed by atoms with van der Waals surface area (Å²) in [6.45, 7) is 0. The molecule has 0 saturated heterocycles. The van der Waals surface area contributed by atoms with Gasteiger partial charge in [0.05, 0.1) is 11.4 Å². The predicted octanol–water partition coefficient (Wildman–Crippen LogP) is 11.5. The van der Waals surface area contributed by atoms with Gasteiger partial charge in [-0.25, -0.2) is 4.99 Å². The minimum atomic E-state index is 0.789. The Labute approximate surface area is 260 Å². The first-order chi connectivity index (χ1) is 22.3. The number of para-hydroxylation sites is 2. The predicted molar refractivity (Wildman–Crippen MR) is 186 cm³/mol. The van der Waals surface area contributed by atoms with Crippen molar-refractivity contribution in [3.8, 4) is 11.1 Å². The SMILES string of the molecule is C1=C(c2ccccc2)CC=C(c2ccccc2)N=C1c1cccc2oc3c(-c4ccc5c(c4)oc4ccccc45)cccc3c12. The number of hydrogen-bond donors (Lipinski definition) is 0. The van der Waals surface area contributed by atoms with Gasteiger partial charge in [0.15, 0.2) is 0 Å². The van der Waals surface area contributed by atoms with Crippen LogP contribution in [0.25, 0.3) is 66.3 Å². The van der Waals surface area contributed by atoms with E-state index in [9.17, 15) is 0 Å². The lowest BCUT2D eigenvalue weighted by molar-refractivity contribution is 0.668. The summed E-state index contributed by atoms with van der Waals surface area (Å²) >= 11 is 0. The van der Waals surface area contributed by atoms with Crippen molar-refractivity contribution in [2.75, 3.05) is 0 Å². The Bertz CT molecular complexity index is 2490. The van der Waals surface area contributed by atoms with Gasteiger partial charge >= 0.3 is 0 Å². The molecule has 0 atom stereocenters. The van der Waals surface area contributed by atoms with E-state index in [0.29, 0.717) is 0 Å². The molecule has 0 amide bonds. The third kappa shape index (κ3) is 4.32. The second kappa shape index (κ2) is 10.4. The second-order valence-electron chi connectivity index (χ2n) is 11.5. The van der Waals surface area contributed by atoms with Gasteiger partial charge in [-0.2, -0.15) is 0 Å². The molecular formula is C42H27NO2. The lowest BCUT2D eigenvalue weighted by atomic mass is 9.96. The zero-order valence-corrected chi connectivity index (χ0v) is 24.4. The molecule has 212 valence electrons. The van der Waals surface area contributed by atoms with Crippen LogP contribution in [0, 0.1) is 0 Å². The van der Waals surface area contributed by atoms with Crippen LogP contribution in [-0.4, -0.2) is 5.71 Å². The largest absolute Gasteiger partial charge is 0.456 e. The van der Waals surface area contributed by atoms with Gasteiger partial charge in [-0.15, -0.1) is 0 Å². The Morgan fingerprint density at radius 1 is 0.489 bits per heavy atom. The van der Waals surface area contributed by atoms with Crippen molar-refractivity contribution in [2.24, 2.45) is 4.99 Å². The molecule has 0 fully saturated rings. The fourth-order valence-electron chi connectivity index (χ4n) is 6.60. The lowest BCUT2D eigenvalue weighted by Gasteiger charge is -2.08. The van der Waals surface area contributed by atoms with Gasteiger partial charge in [0.2, 0.25) is 0 Å². The molecule has 0 spiro atoms. The molecule has 0 unspecified atom stereocenters. The van der Waals surface area contributed by atoms with E-state index in [0.717, 1.165) is 84.0 Å². The average Bonchev–Trinajstić information content (AvgIpc) is 3.59. The maximum atomic E-state index is 6.67. The molecule has 9 rings (SSSR count). The van der Waals surface area contributed by atoms with Crippen LogP contribution in [0.5, 0.6) is 0 Å². The van der Waals surface area contributed by atoms with Crippen molar-refractivity contribution in [3.05, 3.63) is 168 Å². The molecule has 8 aromatic rings. The number of aliphatic imine (C=N–C) groups is 1. The first-order valence-electron chi connectivity index (χ1n) is 15.3. The van der Waals surface area contributed by atoms with Gasteiger partial charge in [0.1, 0.15) is 22.3 Å². The van der Waals surface area contributed by atoms with Gasteiger partial charge in [-0.05, 0) is 59.0 Å². The molecule has 0 radical (unpaired) electrons. The molecule has 3 heteroatoms. The van der Waals surface area contributed by atoms with E-state index in [2.05, 4.69) is 127 Å². The number of benzene rings is 6. The number of fused-ring (bicyclic) bond motifs is 6. The standard InChI is InChI=1S/C42H27NO2/c1-3-11-27(12-4-1)29-22-24-36(28-13-5-2-6-14-28)43-37(25-29)34-17-10-20-39-41(34)35-18-9-16-31(42(35)45-39)30-21-23-33-32-15-7-8-19-38(32)44-40(33)26-30/h1-21,23-26H,22H2. The molecule has 45 heavy (non-hydrogen) atoms. The molecule has 2 aromatic heterocycles. The molecule has 6 aromatic carbocycles. The van der Waals surface area contributed by atoms with Crippen LogP contribution >= 0.6 is 0 Å². The van der Waals surface area contributed by atoms with E-state index in [1.807, 2.05) is 24.3 Å². The van der Waals surface area contributed by atoms with E-state index in [1.54, 1.807) is 0 Å². The average molecular weight is 578 g/mol. The molecule has 0 bridgehead atoms. The zero-order chi connectivity index (χ0) is 29.7. The van der Waals surface area contributed by atoms with E-state index in [1.165, 1.54) is 11.1 Å². The maximum absolute atomic E-state index is 6.67. The number of allylic oxidation sites excluding steroid dienone is 3. The van der Waals surface area contributed by atoms with Gasteiger partial charge in [-0.1, -0.05) is 121 Å². The summed E-state index contributed by atoms with van der Waals surface area (Å²) in [5.41, 5.74) is 12.0. The van der Waals surface area contributed by atoms with Crippen molar-refractivity contribution in [1.29, 1.82) is 0 Å². The van der Waals surface area contributed by atoms with Gasteiger partial charge < -0.3 is 8.83 Å². The van der Waals surface area contributed by atoms with Gasteiger partial charge in [0, 0.05) is 32.7 Å². The molecule has 0 aliphatic carbocycles. The van der Waals surface area contributed by atoms with Gasteiger partial charge in [0.25, 0.3) is 0 Å². The van der Waals surface area contributed by atoms with E-state index < -0.39 is 0 Å². The Morgan fingerprint density at radius 3 is 2.04 bits per heavy atom. The highest BCUT2D eigenvalue weighted by molar-refractivity contribution is 6.25. The van der Waals surface area contributed by atoms with Gasteiger partial charge in [-0.3, -0.25) is 0 Å². The summed E-state index contributed by atoms with van der Waals surface area (Å²) in [5, 5.41) is 4.37. The summed E-state index contributed by atoms with van der Waals surface area (Å²) in [4.78, 5) is 5.31. The quantitative estimate of drug-likeness (QED) is 0.209. The fraction of sp³-hybridized carbons (Fsp3) is 0.0238. The minimum absolute atomic E-state index is 0.789. The molecule has 3 heterocycles. The second-order valence-corrected chi connectivity index (χ2v) is 11.5. The zero-order valence-electron chi connectivity index (χ0n) is 24.4. The third-order valence-electron chi connectivity index (χ3n) is 8.77. The number of hydrogen-bond acceptors (Lipinski definition) is 3. The first kappa shape index (κ1) is 25.6. The minimum Gasteiger partial charge on any atom is -0.456 e. The van der Waals surface area contributed by atoms with Crippen LogP contribution in [0.15, 0.2) is 166 Å². The topological polar surface area (TPSA) is 38.6 Å². The molecule has 0 N–H and O–H groups in total. The summed E-state index contributed by atoms with van der Waals surface area (Å²) in [7, 11) is 0. The lowest BCUT2D eigenvalue weighted by Crippen LogP contribution is -1.99. The molecule has 1 aliphatic heterocycles. The Balaban J connectivity index is 1.24. The maximum Gasteiger partial charge on any atom is 0.143 e. The Morgan fingerprint density at radius 2 is 1.18 bits per heavy atom. The van der Waals surface area contributed by atoms with Crippen molar-refractivity contribution in [2.45, 2.75) is 6.42 Å². The van der Waals surface area contributed by atoms with Crippen LogP contribution in [0.1, 0.15) is 23.1 Å². The van der Waals surface area contributed by atoms with Crippen molar-refractivity contribution in [1.82, 2.24) is 0 Å². The number of rotatable bonds is 4. The van der Waals surface area contributed by atoms with E-state index >= 15 is 0 Å². The monoisotopic (exact) mass is 577 g/mol. The molecule has 3 nitrogen and oxygen atoms in total. The van der Waals surface area contributed by atoms with Crippen LogP contribution in [-0.2, 0) is 0 Å². The highest BCUT2D eigenvalue weighted by Crippen LogP contribution is 2.40. The normalized spacial score (nSPS) is 13.6. The van der Waals surface area contributed by atoms with Crippen molar-refractivity contribution < 1.29 is 8.83 Å². The smallest absolute Gasteiger partial charge is 0.143 e. The summed E-state index contributed by atoms with van der Waals surface area (Å²) in [6.07, 6.45) is 5.27. The van der Waals surface area contributed by atoms with Crippen LogP contribution < -0.4 is 0 Å². The number of furan rings is 2. The summed E-state index contributed by atoms with van der Waals surface area (Å²) < 4.78 is 12.9. The van der Waals surface area contributed by atoms with Crippen molar-refractivity contribution >= 4 is 60.9 Å². The summed E-state index contributed by atoms with van der Waals surface area (Å²) in [6, 6.07) is 48.3. The van der Waals surface area contributed by atoms with Crippen molar-refractivity contribution in [3.63, 3.8) is 0 Å². The van der Waals surface area contributed by atoms with Crippen LogP contribution in [0.4, 0.5) is 0 Å². The molecule has 1 aliphatic rings. The van der Waals surface area contributed by atoms with E-state index in [-0.39, 0.29) is 0 Å². The first-order valence-corrected chi connectivity index (χ1v) is 15.3. The van der Waals surface area contributed by atoms with Crippen LogP contribution in [0.3, 0.4) is 0 Å². The Kier molecular flexibility index (Phi) is 5.88. The highest BCUT2D eigenvalue weighted by atomic mass is 16.3. The van der Waals surface area contributed by atoms with Crippen LogP contribution in [0.2, 0.25) is 0 Å². The number of nitrogens with zero attached hydrogens (tertiary/aromatic N) is 1.